The smallest absolute Gasteiger partial charge is 0.334 e. The highest BCUT2D eigenvalue weighted by Crippen LogP contribution is 2.10. The highest BCUT2D eigenvalue weighted by Gasteiger charge is 2.06. The molecule has 1 unspecified atom stereocenters. The maximum absolute atomic E-state index is 11.5. The van der Waals surface area contributed by atoms with Crippen LogP contribution in [-0.2, 0) is 20.7 Å². The molecule has 0 aliphatic rings. The quantitative estimate of drug-likeness (QED) is 0.431. The minimum Gasteiger partial charge on any atom is -0.607 e. The minimum absolute atomic E-state index is 0.505. The molecule has 0 aromatic heterocycles. The zero-order chi connectivity index (χ0) is 10.4. The van der Waals surface area contributed by atoms with Crippen molar-refractivity contribution in [3.05, 3.63) is 41.8 Å². The standard InChI is InChI=1S/C10H10O3S/c1-13-10(11)7-8-14(12)9-5-3-2-4-6-9/h2-8H,1H3/b8-7+. The Balaban J connectivity index is 2.63. The minimum atomic E-state index is -1.29. The molecule has 1 aromatic carbocycles. The Labute approximate surface area is 85.6 Å². The third kappa shape index (κ3) is 3.24. The zero-order valence-electron chi connectivity index (χ0n) is 7.67. The number of ether oxygens (including phenoxy) is 1. The molecule has 0 saturated heterocycles. The molecule has 0 bridgehead atoms. The van der Waals surface area contributed by atoms with Crippen LogP contribution in [0.15, 0.2) is 46.7 Å². The number of hydrogen-bond acceptors (Lipinski definition) is 3. The highest BCUT2D eigenvalue weighted by atomic mass is 32.2. The van der Waals surface area contributed by atoms with Crippen LogP contribution in [0.3, 0.4) is 0 Å². The van der Waals surface area contributed by atoms with Crippen LogP contribution < -0.4 is 0 Å². The molecule has 0 N–H and O–H groups in total. The monoisotopic (exact) mass is 210 g/mol. The molecule has 4 heteroatoms. The highest BCUT2D eigenvalue weighted by molar-refractivity contribution is 7.94. The summed E-state index contributed by atoms with van der Waals surface area (Å²) in [5.41, 5.74) is 0. The average Bonchev–Trinajstić information content (AvgIpc) is 2.26. The molecule has 0 radical (unpaired) electrons. The average molecular weight is 210 g/mol. The fourth-order valence-electron chi connectivity index (χ4n) is 0.819. The van der Waals surface area contributed by atoms with Crippen LogP contribution in [0.5, 0.6) is 0 Å². The summed E-state index contributed by atoms with van der Waals surface area (Å²) in [4.78, 5) is 11.4. The van der Waals surface area contributed by atoms with Gasteiger partial charge in [-0.2, -0.15) is 0 Å². The van der Waals surface area contributed by atoms with Gasteiger partial charge in [-0.3, -0.25) is 0 Å². The molecule has 0 saturated carbocycles. The van der Waals surface area contributed by atoms with Gasteiger partial charge < -0.3 is 9.29 Å². The number of benzene rings is 1. The second-order valence-electron chi connectivity index (χ2n) is 2.44. The van der Waals surface area contributed by atoms with Crippen molar-refractivity contribution in [2.75, 3.05) is 7.11 Å². The van der Waals surface area contributed by atoms with E-state index in [2.05, 4.69) is 4.74 Å². The summed E-state index contributed by atoms with van der Waals surface area (Å²) in [7, 11) is 1.28. The van der Waals surface area contributed by atoms with Gasteiger partial charge in [-0.1, -0.05) is 18.2 Å². The predicted octanol–water partition coefficient (Wildman–Crippen LogP) is 1.48. The van der Waals surface area contributed by atoms with Crippen LogP contribution >= 0.6 is 0 Å². The van der Waals surface area contributed by atoms with Crippen molar-refractivity contribution < 1.29 is 14.1 Å². The fourth-order valence-corrected chi connectivity index (χ4v) is 1.64. The second kappa shape index (κ2) is 5.47. The summed E-state index contributed by atoms with van der Waals surface area (Å²) in [6, 6.07) is 8.89. The molecule has 0 spiro atoms. The lowest BCUT2D eigenvalue weighted by molar-refractivity contribution is -0.134. The molecule has 1 atom stereocenters. The van der Waals surface area contributed by atoms with Gasteiger partial charge >= 0.3 is 5.97 Å². The Kier molecular flexibility index (Phi) is 4.22. The molecule has 0 fully saturated rings. The van der Waals surface area contributed by atoms with Gasteiger partial charge in [0.15, 0.2) is 4.90 Å². The maximum atomic E-state index is 11.5. The summed E-state index contributed by atoms with van der Waals surface area (Å²) in [6.45, 7) is 0. The molecule has 3 nitrogen and oxygen atoms in total. The zero-order valence-corrected chi connectivity index (χ0v) is 8.49. The number of hydrogen-bond donors (Lipinski definition) is 0. The van der Waals surface area contributed by atoms with E-state index in [9.17, 15) is 9.35 Å². The summed E-state index contributed by atoms with van der Waals surface area (Å²) >= 11 is -1.29. The maximum Gasteiger partial charge on any atom is 0.334 e. The van der Waals surface area contributed by atoms with E-state index >= 15 is 0 Å². The largest absolute Gasteiger partial charge is 0.607 e. The van der Waals surface area contributed by atoms with Crippen LogP contribution in [0.2, 0.25) is 0 Å². The lowest BCUT2D eigenvalue weighted by atomic mass is 10.4. The second-order valence-corrected chi connectivity index (χ2v) is 3.77. The molecule has 14 heavy (non-hydrogen) atoms. The van der Waals surface area contributed by atoms with E-state index < -0.39 is 17.1 Å². The Morgan fingerprint density at radius 2 is 2.07 bits per heavy atom. The lowest BCUT2D eigenvalue weighted by Gasteiger charge is -2.03. The first kappa shape index (κ1) is 10.8. The fraction of sp³-hybridized carbons (Fsp3) is 0.100. The van der Waals surface area contributed by atoms with E-state index in [4.69, 9.17) is 0 Å². The van der Waals surface area contributed by atoms with Gasteiger partial charge in [-0.15, -0.1) is 0 Å². The van der Waals surface area contributed by atoms with Gasteiger partial charge in [0.2, 0.25) is 0 Å². The molecule has 74 valence electrons. The third-order valence-electron chi connectivity index (χ3n) is 1.50. The number of rotatable bonds is 3. The number of esters is 1. The van der Waals surface area contributed by atoms with E-state index in [1.165, 1.54) is 12.5 Å². The van der Waals surface area contributed by atoms with E-state index in [1.807, 2.05) is 6.07 Å². The van der Waals surface area contributed by atoms with Gasteiger partial charge in [-0.05, 0) is 12.1 Å². The van der Waals surface area contributed by atoms with E-state index in [0.717, 1.165) is 6.08 Å². The van der Waals surface area contributed by atoms with Crippen molar-refractivity contribution in [1.82, 2.24) is 0 Å². The Morgan fingerprint density at radius 3 is 2.64 bits per heavy atom. The van der Waals surface area contributed by atoms with Crippen LogP contribution in [0.4, 0.5) is 0 Å². The van der Waals surface area contributed by atoms with Crippen LogP contribution in [0, 0.1) is 0 Å². The van der Waals surface area contributed by atoms with Gasteiger partial charge in [0.05, 0.1) is 13.2 Å². The molecular formula is C10H10O3S. The molecule has 0 aliphatic heterocycles. The van der Waals surface area contributed by atoms with E-state index in [1.54, 1.807) is 24.3 Å². The lowest BCUT2D eigenvalue weighted by Crippen LogP contribution is -1.99. The SMILES string of the molecule is COC(=O)/C=C/[S+]([O-])c1ccccc1. The molecule has 1 rings (SSSR count). The van der Waals surface area contributed by atoms with Crippen LogP contribution in [-0.4, -0.2) is 17.6 Å². The molecule has 0 aliphatic carbocycles. The summed E-state index contributed by atoms with van der Waals surface area (Å²) < 4.78 is 15.9. The van der Waals surface area contributed by atoms with Gasteiger partial charge in [0, 0.05) is 11.2 Å². The van der Waals surface area contributed by atoms with Crippen molar-refractivity contribution in [3.63, 3.8) is 0 Å². The number of carbonyl (C=O) groups excluding carboxylic acids is 1. The van der Waals surface area contributed by atoms with Crippen molar-refractivity contribution in [2.24, 2.45) is 0 Å². The summed E-state index contributed by atoms with van der Waals surface area (Å²) in [6.07, 6.45) is 1.16. The Morgan fingerprint density at radius 1 is 1.43 bits per heavy atom. The van der Waals surface area contributed by atoms with Crippen molar-refractivity contribution in [3.8, 4) is 0 Å². The molecule has 0 amide bonds. The topological polar surface area (TPSA) is 49.4 Å². The van der Waals surface area contributed by atoms with Gasteiger partial charge in [0.25, 0.3) is 0 Å². The van der Waals surface area contributed by atoms with Crippen molar-refractivity contribution >= 4 is 17.1 Å². The summed E-state index contributed by atoms with van der Waals surface area (Å²) in [5.74, 6) is -0.505. The van der Waals surface area contributed by atoms with Gasteiger partial charge in [-0.25, -0.2) is 4.79 Å². The molecule has 0 heterocycles. The number of carbonyl (C=O) groups is 1. The predicted molar refractivity (Wildman–Crippen MR) is 54.0 cm³/mol. The first-order valence-electron chi connectivity index (χ1n) is 3.96. The van der Waals surface area contributed by atoms with Crippen LogP contribution in [0.1, 0.15) is 0 Å². The van der Waals surface area contributed by atoms with Gasteiger partial charge in [0.1, 0.15) is 5.41 Å². The first-order valence-corrected chi connectivity index (χ1v) is 5.17. The third-order valence-corrected chi connectivity index (χ3v) is 2.62. The van der Waals surface area contributed by atoms with Crippen LogP contribution in [0.25, 0.3) is 0 Å². The molecular weight excluding hydrogens is 200 g/mol. The summed E-state index contributed by atoms with van der Waals surface area (Å²) in [5, 5.41) is 1.31. The van der Waals surface area contributed by atoms with Crippen molar-refractivity contribution in [2.45, 2.75) is 4.90 Å². The Hall–Kier alpha value is -1.26. The number of methoxy groups -OCH3 is 1. The van der Waals surface area contributed by atoms with E-state index in [0.29, 0.717) is 4.90 Å². The van der Waals surface area contributed by atoms with E-state index in [-0.39, 0.29) is 0 Å². The van der Waals surface area contributed by atoms with Crippen molar-refractivity contribution in [1.29, 1.82) is 0 Å². The Bertz CT molecular complexity index is 321. The molecule has 1 aromatic rings. The normalized spacial score (nSPS) is 12.7. The first-order chi connectivity index (χ1) is 6.74.